The number of carbonyl (C=O) groups excluding carboxylic acids is 1. The molecule has 0 fully saturated rings. The van der Waals surface area contributed by atoms with Crippen LogP contribution in [0.3, 0.4) is 0 Å². The topological polar surface area (TPSA) is 64.4 Å². The molecule has 0 atom stereocenters. The predicted octanol–water partition coefficient (Wildman–Crippen LogP) is 4.38. The van der Waals surface area contributed by atoms with E-state index in [0.717, 1.165) is 18.2 Å². The van der Waals surface area contributed by atoms with Gasteiger partial charge in [-0.05, 0) is 18.2 Å². The molecular formula is C12H9ClF8N2O2. The third-order valence-electron chi connectivity index (χ3n) is 2.76. The quantitative estimate of drug-likeness (QED) is 0.667. The molecule has 142 valence electrons. The van der Waals surface area contributed by atoms with Crippen LogP contribution >= 0.6 is 11.6 Å². The minimum Gasteiger partial charge on any atom is -0.485 e. The van der Waals surface area contributed by atoms with Gasteiger partial charge in [-0.15, -0.1) is 0 Å². The third kappa shape index (κ3) is 4.35. The summed E-state index contributed by atoms with van der Waals surface area (Å²) in [5, 5.41) is 1.58. The molecule has 0 aliphatic heterocycles. The lowest BCUT2D eigenvalue weighted by Gasteiger charge is -2.32. The van der Waals surface area contributed by atoms with Gasteiger partial charge in [-0.1, -0.05) is 11.6 Å². The summed E-state index contributed by atoms with van der Waals surface area (Å²) in [7, 11) is 0. The van der Waals surface area contributed by atoms with Crippen molar-refractivity contribution in [3.63, 3.8) is 0 Å². The summed E-state index contributed by atoms with van der Waals surface area (Å²) in [6.45, 7) is -2.36. The van der Waals surface area contributed by atoms with Gasteiger partial charge < -0.3 is 15.8 Å². The van der Waals surface area contributed by atoms with Crippen LogP contribution < -0.4 is 15.8 Å². The Morgan fingerprint density at radius 1 is 1.20 bits per heavy atom. The molecule has 1 rings (SSSR count). The molecule has 2 amide bonds. The fraction of sp³-hybridized carbons (Fsp3) is 0.417. The van der Waals surface area contributed by atoms with Crippen LogP contribution in [0.1, 0.15) is 0 Å². The molecule has 0 aliphatic rings. The first-order valence-corrected chi connectivity index (χ1v) is 6.50. The average molecular weight is 401 g/mol. The molecule has 0 saturated heterocycles. The summed E-state index contributed by atoms with van der Waals surface area (Å²) in [5.41, 5.74) is 4.79. The van der Waals surface area contributed by atoms with Crippen molar-refractivity contribution in [2.75, 3.05) is 11.9 Å². The van der Waals surface area contributed by atoms with Gasteiger partial charge in [0, 0.05) is 5.69 Å². The number of alkyl halides is 8. The van der Waals surface area contributed by atoms with Crippen LogP contribution in [0.25, 0.3) is 0 Å². The molecule has 0 spiro atoms. The summed E-state index contributed by atoms with van der Waals surface area (Å²) in [5.74, 6) is -18.9. The number of ether oxygens (including phenoxy) is 1. The Kier molecular flexibility index (Phi) is 5.98. The Bertz CT molecular complexity index is 642. The number of rotatable bonds is 7. The smallest absolute Gasteiger partial charge is 0.381 e. The molecule has 0 heterocycles. The van der Waals surface area contributed by atoms with E-state index in [1.165, 1.54) is 0 Å². The second-order valence-electron chi connectivity index (χ2n) is 4.63. The molecule has 0 aromatic heterocycles. The molecule has 0 radical (unpaired) electrons. The van der Waals surface area contributed by atoms with Crippen LogP contribution in [0.15, 0.2) is 18.2 Å². The number of nitrogens with two attached hydrogens (primary N) is 1. The summed E-state index contributed by atoms with van der Waals surface area (Å²) < 4.78 is 106. The predicted molar refractivity (Wildman–Crippen MR) is 71.0 cm³/mol. The lowest BCUT2D eigenvalue weighted by molar-refractivity contribution is -0.342. The van der Waals surface area contributed by atoms with E-state index < -0.39 is 47.6 Å². The fourth-order valence-electron chi connectivity index (χ4n) is 1.48. The second kappa shape index (κ2) is 7.10. The van der Waals surface area contributed by atoms with Crippen LogP contribution in [0.4, 0.5) is 45.6 Å². The SMILES string of the molecule is NC(=O)Nc1ccc(OCC(F)(F)C(F)(F)C(F)(F)C(F)F)c(Cl)c1. The minimum absolute atomic E-state index is 0.00817. The van der Waals surface area contributed by atoms with Crippen LogP contribution in [0.5, 0.6) is 5.75 Å². The zero-order valence-corrected chi connectivity index (χ0v) is 12.6. The molecular weight excluding hydrogens is 392 g/mol. The first-order valence-electron chi connectivity index (χ1n) is 6.13. The van der Waals surface area contributed by atoms with Crippen LogP contribution in [-0.2, 0) is 0 Å². The standard InChI is InChI=1S/C12H9ClF8N2O2/c13-6-3-5(23-9(22)24)1-2-7(6)25-4-10(16,17)12(20,21)11(18,19)8(14)15/h1-3,8H,4H2,(H3,22,23,24). The highest BCUT2D eigenvalue weighted by atomic mass is 35.5. The molecule has 0 unspecified atom stereocenters. The highest BCUT2D eigenvalue weighted by Crippen LogP contribution is 2.48. The number of hydrogen-bond donors (Lipinski definition) is 2. The molecule has 1 aromatic rings. The molecule has 1 aromatic carbocycles. The van der Waals surface area contributed by atoms with Gasteiger partial charge in [0.25, 0.3) is 0 Å². The molecule has 3 N–H and O–H groups in total. The van der Waals surface area contributed by atoms with Crippen molar-refractivity contribution in [2.24, 2.45) is 5.73 Å². The van der Waals surface area contributed by atoms with Crippen LogP contribution in [-0.4, -0.2) is 36.8 Å². The van der Waals surface area contributed by atoms with Gasteiger partial charge in [-0.2, -0.15) is 26.3 Å². The number of anilines is 1. The molecule has 0 aliphatic carbocycles. The van der Waals surface area contributed by atoms with Gasteiger partial charge >= 0.3 is 30.2 Å². The minimum atomic E-state index is -6.38. The number of nitrogens with one attached hydrogen (secondary N) is 1. The highest BCUT2D eigenvalue weighted by Gasteiger charge is 2.75. The molecule has 13 heteroatoms. The van der Waals surface area contributed by atoms with E-state index in [0.29, 0.717) is 0 Å². The number of hydrogen-bond acceptors (Lipinski definition) is 2. The third-order valence-corrected chi connectivity index (χ3v) is 3.06. The van der Waals surface area contributed by atoms with Gasteiger partial charge in [0.2, 0.25) is 0 Å². The van der Waals surface area contributed by atoms with Gasteiger partial charge in [-0.3, -0.25) is 0 Å². The lowest BCUT2D eigenvalue weighted by atomic mass is 10.1. The Morgan fingerprint density at radius 3 is 2.20 bits per heavy atom. The Labute approximate surface area is 139 Å². The average Bonchev–Trinajstić information content (AvgIpc) is 2.45. The largest absolute Gasteiger partial charge is 0.485 e. The van der Waals surface area contributed by atoms with E-state index in [-0.39, 0.29) is 5.69 Å². The van der Waals surface area contributed by atoms with Crippen molar-refractivity contribution < 1.29 is 44.7 Å². The van der Waals surface area contributed by atoms with Crippen molar-refractivity contribution in [3.05, 3.63) is 23.2 Å². The normalized spacial score (nSPS) is 13.0. The van der Waals surface area contributed by atoms with Crippen molar-refractivity contribution in [1.82, 2.24) is 0 Å². The lowest BCUT2D eigenvalue weighted by Crippen LogP contribution is -2.59. The van der Waals surface area contributed by atoms with E-state index in [2.05, 4.69) is 4.74 Å². The number of benzene rings is 1. The number of urea groups is 1. The van der Waals surface area contributed by atoms with Crippen molar-refractivity contribution >= 4 is 23.3 Å². The zero-order chi connectivity index (χ0) is 19.6. The maximum Gasteiger partial charge on any atom is 0.381 e. The zero-order valence-electron chi connectivity index (χ0n) is 11.8. The van der Waals surface area contributed by atoms with Crippen molar-refractivity contribution in [1.29, 1.82) is 0 Å². The highest BCUT2D eigenvalue weighted by molar-refractivity contribution is 6.32. The Balaban J connectivity index is 2.94. The Morgan fingerprint density at radius 2 is 1.76 bits per heavy atom. The van der Waals surface area contributed by atoms with Crippen LogP contribution in [0.2, 0.25) is 5.02 Å². The van der Waals surface area contributed by atoms with E-state index in [1.54, 1.807) is 0 Å². The first-order chi connectivity index (χ1) is 11.2. The molecule has 25 heavy (non-hydrogen) atoms. The molecule has 0 saturated carbocycles. The van der Waals surface area contributed by atoms with Crippen molar-refractivity contribution in [2.45, 2.75) is 24.2 Å². The summed E-state index contributed by atoms with van der Waals surface area (Å²) in [4.78, 5) is 10.6. The fourth-order valence-corrected chi connectivity index (χ4v) is 1.71. The summed E-state index contributed by atoms with van der Waals surface area (Å²) in [6.07, 6.45) is -5.02. The van der Waals surface area contributed by atoms with Gasteiger partial charge in [0.05, 0.1) is 5.02 Å². The Hall–Kier alpha value is -1.98. The van der Waals surface area contributed by atoms with Crippen molar-refractivity contribution in [3.8, 4) is 5.75 Å². The first kappa shape index (κ1) is 21.1. The van der Waals surface area contributed by atoms with Gasteiger partial charge in [-0.25, -0.2) is 13.6 Å². The maximum absolute atomic E-state index is 13.3. The van der Waals surface area contributed by atoms with Crippen LogP contribution in [0, 0.1) is 0 Å². The number of carbonyl (C=O) groups is 1. The number of amides is 2. The van der Waals surface area contributed by atoms with E-state index in [9.17, 15) is 39.9 Å². The number of primary amides is 1. The van der Waals surface area contributed by atoms with Gasteiger partial charge in [0.15, 0.2) is 6.61 Å². The second-order valence-corrected chi connectivity index (χ2v) is 5.03. The summed E-state index contributed by atoms with van der Waals surface area (Å²) in [6, 6.07) is 1.81. The van der Waals surface area contributed by atoms with E-state index >= 15 is 0 Å². The maximum atomic E-state index is 13.3. The molecule has 4 nitrogen and oxygen atoms in total. The summed E-state index contributed by atoms with van der Waals surface area (Å²) >= 11 is 5.58. The molecule has 0 bridgehead atoms. The van der Waals surface area contributed by atoms with E-state index in [4.69, 9.17) is 17.3 Å². The van der Waals surface area contributed by atoms with E-state index in [1.807, 2.05) is 5.32 Å². The number of halogens is 9. The monoisotopic (exact) mass is 400 g/mol. The van der Waals surface area contributed by atoms with Gasteiger partial charge in [0.1, 0.15) is 5.75 Å².